The number of halogens is 4. The lowest BCUT2D eigenvalue weighted by atomic mass is 10.2. The normalized spacial score (nSPS) is 11.6. The molecule has 102 valence electrons. The van der Waals surface area contributed by atoms with Crippen LogP contribution in [0.2, 0.25) is 0 Å². The maximum Gasteiger partial charge on any atom is 0.416 e. The summed E-state index contributed by atoms with van der Waals surface area (Å²) in [5.74, 6) is 0. The molecule has 0 saturated carbocycles. The number of alkyl halides is 3. The first-order chi connectivity index (χ1) is 8.88. The third-order valence-corrected chi connectivity index (χ3v) is 3.18. The van der Waals surface area contributed by atoms with E-state index in [0.717, 1.165) is 12.1 Å². The van der Waals surface area contributed by atoms with Crippen molar-refractivity contribution in [2.45, 2.75) is 19.6 Å². The third kappa shape index (κ3) is 3.25. The van der Waals surface area contributed by atoms with E-state index >= 15 is 0 Å². The maximum atomic E-state index is 12.6. The van der Waals surface area contributed by atoms with Gasteiger partial charge in [-0.3, -0.25) is 0 Å². The minimum atomic E-state index is -4.37. The summed E-state index contributed by atoms with van der Waals surface area (Å²) in [6, 6.07) is 3.39. The molecule has 0 aliphatic rings. The minimum Gasteiger partial charge on any atom is -0.378 e. The van der Waals surface area contributed by atoms with Gasteiger partial charge in [0.05, 0.1) is 12.1 Å². The Kier molecular flexibility index (Phi) is 3.79. The van der Waals surface area contributed by atoms with Gasteiger partial charge in [-0.15, -0.1) is 0 Å². The monoisotopic (exact) mass is 335 g/mol. The molecule has 1 N–H and O–H groups in total. The average molecular weight is 336 g/mol. The lowest BCUT2D eigenvalue weighted by Gasteiger charge is -2.11. The number of aryl methyl sites for hydroxylation is 1. The number of anilines is 1. The molecule has 8 heteroatoms. The molecule has 1 aromatic heterocycles. The molecule has 0 amide bonds. The van der Waals surface area contributed by atoms with Gasteiger partial charge in [0.25, 0.3) is 0 Å². The Bertz CT molecular complexity index is 583. The predicted octanol–water partition coefficient (Wildman–Crippen LogP) is 3.77. The zero-order valence-electron chi connectivity index (χ0n) is 9.75. The van der Waals surface area contributed by atoms with Crippen LogP contribution in [0.15, 0.2) is 27.3 Å². The largest absolute Gasteiger partial charge is 0.416 e. The highest BCUT2D eigenvalue weighted by atomic mass is 79.9. The summed E-state index contributed by atoms with van der Waals surface area (Å²) in [5, 5.41) is 10.1. The van der Waals surface area contributed by atoms with E-state index in [9.17, 15) is 13.2 Å². The van der Waals surface area contributed by atoms with Gasteiger partial charge in [0, 0.05) is 10.2 Å². The highest BCUT2D eigenvalue weighted by Gasteiger charge is 2.30. The van der Waals surface area contributed by atoms with Crippen molar-refractivity contribution in [2.24, 2.45) is 0 Å². The second kappa shape index (κ2) is 5.20. The Morgan fingerprint density at radius 2 is 2.05 bits per heavy atom. The highest BCUT2D eigenvalue weighted by Crippen LogP contribution is 2.34. The molecule has 0 aliphatic carbocycles. The van der Waals surface area contributed by atoms with E-state index in [1.54, 1.807) is 6.92 Å². The van der Waals surface area contributed by atoms with Crippen molar-refractivity contribution in [3.63, 3.8) is 0 Å². The maximum absolute atomic E-state index is 12.6. The fraction of sp³-hybridized carbons (Fsp3) is 0.273. The molecule has 0 bridgehead atoms. The molecule has 0 atom stereocenters. The molecule has 2 rings (SSSR count). The van der Waals surface area contributed by atoms with Gasteiger partial charge in [0.2, 0.25) is 0 Å². The number of benzene rings is 1. The van der Waals surface area contributed by atoms with Crippen molar-refractivity contribution in [1.29, 1.82) is 0 Å². The topological polar surface area (TPSA) is 51.0 Å². The molecule has 2 aromatic rings. The van der Waals surface area contributed by atoms with Crippen molar-refractivity contribution in [1.82, 2.24) is 10.3 Å². The summed E-state index contributed by atoms with van der Waals surface area (Å²) in [5.41, 5.74) is 0.755. The van der Waals surface area contributed by atoms with Crippen LogP contribution in [0, 0.1) is 6.92 Å². The van der Waals surface area contributed by atoms with Crippen LogP contribution in [0.5, 0.6) is 0 Å². The highest BCUT2D eigenvalue weighted by molar-refractivity contribution is 9.10. The average Bonchev–Trinajstić information content (AvgIpc) is 2.72. The summed E-state index contributed by atoms with van der Waals surface area (Å²) < 4.78 is 42.8. The van der Waals surface area contributed by atoms with E-state index in [1.165, 1.54) is 6.07 Å². The summed E-state index contributed by atoms with van der Waals surface area (Å²) in [7, 11) is 0. The molecule has 1 aromatic carbocycles. The second-order valence-corrected chi connectivity index (χ2v) is 4.70. The Balaban J connectivity index is 2.18. The minimum absolute atomic E-state index is 0.231. The summed E-state index contributed by atoms with van der Waals surface area (Å²) >= 11 is 3.19. The first-order valence-corrected chi connectivity index (χ1v) is 6.06. The summed E-state index contributed by atoms with van der Waals surface area (Å²) in [4.78, 5) is 0. The Morgan fingerprint density at radius 1 is 1.32 bits per heavy atom. The van der Waals surface area contributed by atoms with Gasteiger partial charge in [0.15, 0.2) is 0 Å². The van der Waals surface area contributed by atoms with E-state index in [2.05, 4.69) is 36.2 Å². The van der Waals surface area contributed by atoms with Gasteiger partial charge in [0.1, 0.15) is 11.4 Å². The van der Waals surface area contributed by atoms with E-state index in [0.29, 0.717) is 21.5 Å². The number of nitrogens with zero attached hydrogens (tertiary/aromatic N) is 2. The van der Waals surface area contributed by atoms with E-state index in [1.807, 2.05) is 0 Å². The zero-order valence-corrected chi connectivity index (χ0v) is 11.3. The second-order valence-electron chi connectivity index (χ2n) is 3.84. The van der Waals surface area contributed by atoms with Crippen LogP contribution in [0.4, 0.5) is 18.9 Å². The van der Waals surface area contributed by atoms with Crippen LogP contribution >= 0.6 is 15.9 Å². The van der Waals surface area contributed by atoms with Crippen LogP contribution in [0.25, 0.3) is 0 Å². The molecular formula is C11H9BrF3N3O. The molecular weight excluding hydrogens is 327 g/mol. The van der Waals surface area contributed by atoms with Crippen molar-refractivity contribution in [3.05, 3.63) is 39.6 Å². The van der Waals surface area contributed by atoms with Gasteiger partial charge in [-0.1, -0.05) is 10.3 Å². The van der Waals surface area contributed by atoms with Crippen LogP contribution < -0.4 is 5.32 Å². The van der Waals surface area contributed by atoms with Crippen LogP contribution in [-0.4, -0.2) is 10.3 Å². The number of rotatable bonds is 3. The van der Waals surface area contributed by atoms with E-state index < -0.39 is 11.7 Å². The molecule has 0 spiro atoms. The number of hydrogen-bond donors (Lipinski definition) is 1. The predicted molar refractivity (Wildman–Crippen MR) is 65.5 cm³/mol. The number of hydrogen-bond acceptors (Lipinski definition) is 4. The van der Waals surface area contributed by atoms with Crippen molar-refractivity contribution >= 4 is 21.6 Å². The fourth-order valence-corrected chi connectivity index (χ4v) is 1.81. The molecule has 0 aliphatic heterocycles. The summed E-state index contributed by atoms with van der Waals surface area (Å²) in [6.45, 7) is 1.93. The van der Waals surface area contributed by atoms with Gasteiger partial charge in [-0.2, -0.15) is 13.2 Å². The Morgan fingerprint density at radius 3 is 2.63 bits per heavy atom. The van der Waals surface area contributed by atoms with E-state index in [4.69, 9.17) is 0 Å². The van der Waals surface area contributed by atoms with Gasteiger partial charge >= 0.3 is 6.18 Å². The molecule has 0 unspecified atom stereocenters. The smallest absolute Gasteiger partial charge is 0.378 e. The fourth-order valence-electron chi connectivity index (χ4n) is 1.43. The van der Waals surface area contributed by atoms with Gasteiger partial charge < -0.3 is 5.32 Å². The quantitative estimate of drug-likeness (QED) is 0.927. The number of nitrogens with one attached hydrogen (secondary N) is 1. The van der Waals surface area contributed by atoms with Crippen molar-refractivity contribution in [2.75, 3.05) is 5.32 Å². The van der Waals surface area contributed by atoms with Crippen LogP contribution in [0.1, 0.15) is 17.0 Å². The molecule has 1 heterocycles. The Labute approximate surface area is 115 Å². The van der Waals surface area contributed by atoms with Gasteiger partial charge in [-0.05, 0) is 41.1 Å². The first kappa shape index (κ1) is 13.9. The number of aromatic nitrogens is 2. The van der Waals surface area contributed by atoms with Crippen molar-refractivity contribution in [3.8, 4) is 0 Å². The molecule has 4 nitrogen and oxygen atoms in total. The van der Waals surface area contributed by atoms with Crippen LogP contribution in [-0.2, 0) is 12.7 Å². The molecule has 0 fully saturated rings. The van der Waals surface area contributed by atoms with Gasteiger partial charge in [-0.25, -0.2) is 4.63 Å². The summed E-state index contributed by atoms with van der Waals surface area (Å²) in [6.07, 6.45) is -4.37. The SMILES string of the molecule is Cc1nonc1CNc1cc(C(F)(F)F)ccc1Br. The lowest BCUT2D eigenvalue weighted by molar-refractivity contribution is -0.137. The van der Waals surface area contributed by atoms with Crippen molar-refractivity contribution < 1.29 is 17.8 Å². The van der Waals surface area contributed by atoms with Crippen LogP contribution in [0.3, 0.4) is 0 Å². The first-order valence-electron chi connectivity index (χ1n) is 5.26. The molecule has 19 heavy (non-hydrogen) atoms. The lowest BCUT2D eigenvalue weighted by Crippen LogP contribution is -2.07. The standard InChI is InChI=1S/C11H9BrF3N3O/c1-6-10(18-19-17-6)5-16-9-4-7(11(13,14)15)2-3-8(9)12/h2-4,16H,5H2,1H3. The molecule has 0 saturated heterocycles. The zero-order chi connectivity index (χ0) is 14.0. The Hall–Kier alpha value is -1.57. The third-order valence-electron chi connectivity index (χ3n) is 2.49. The molecule has 0 radical (unpaired) electrons. The van der Waals surface area contributed by atoms with E-state index in [-0.39, 0.29) is 6.54 Å².